The number of halogens is 2. The van der Waals surface area contributed by atoms with Crippen LogP contribution in [0.3, 0.4) is 0 Å². The Labute approximate surface area is 145 Å². The van der Waals surface area contributed by atoms with Gasteiger partial charge in [-0.05, 0) is 12.1 Å². The molecular weight excluding hydrogens is 350 g/mol. The summed E-state index contributed by atoms with van der Waals surface area (Å²) in [7, 11) is 1.33. The quantitative estimate of drug-likeness (QED) is 0.737. The Bertz CT molecular complexity index is 975. The van der Waals surface area contributed by atoms with Crippen LogP contribution < -0.4 is 4.74 Å². The van der Waals surface area contributed by atoms with Crippen LogP contribution in [0.1, 0.15) is 28.4 Å². The third-order valence-electron chi connectivity index (χ3n) is 3.50. The molecule has 134 valence electrons. The summed E-state index contributed by atoms with van der Waals surface area (Å²) in [5.41, 5.74) is -0.267. The van der Waals surface area contributed by atoms with Crippen molar-refractivity contribution in [1.29, 1.82) is 0 Å². The lowest BCUT2D eigenvalue weighted by Gasteiger charge is -2.13. The van der Waals surface area contributed by atoms with Gasteiger partial charge in [-0.3, -0.25) is 9.97 Å². The standard InChI is InChI=1S/C16H12F2N4O4/c1-7-21-22-15(26-7)12-3-8(10(5-19-12)16(23)24)9-4-11(14(17)18)20-6-13(9)25-2/h3-6,14H,1-2H3,(H,23,24). The molecular formula is C16H12F2N4O4. The molecule has 0 aliphatic carbocycles. The zero-order valence-corrected chi connectivity index (χ0v) is 13.6. The highest BCUT2D eigenvalue weighted by molar-refractivity contribution is 5.97. The predicted molar refractivity (Wildman–Crippen MR) is 84.0 cm³/mol. The number of rotatable bonds is 5. The maximum Gasteiger partial charge on any atom is 0.337 e. The summed E-state index contributed by atoms with van der Waals surface area (Å²) in [5, 5.41) is 16.9. The van der Waals surface area contributed by atoms with Crippen molar-refractivity contribution in [3.8, 4) is 28.5 Å². The van der Waals surface area contributed by atoms with E-state index in [4.69, 9.17) is 9.15 Å². The fourth-order valence-electron chi connectivity index (χ4n) is 2.32. The average molecular weight is 362 g/mol. The zero-order valence-electron chi connectivity index (χ0n) is 13.6. The molecule has 0 aliphatic heterocycles. The van der Waals surface area contributed by atoms with Crippen LogP contribution in [-0.4, -0.2) is 38.4 Å². The van der Waals surface area contributed by atoms with Gasteiger partial charge in [0.2, 0.25) is 5.89 Å². The van der Waals surface area contributed by atoms with Crippen molar-refractivity contribution in [2.75, 3.05) is 7.11 Å². The molecule has 3 aromatic rings. The molecule has 0 spiro atoms. The Morgan fingerprint density at radius 2 is 1.96 bits per heavy atom. The summed E-state index contributed by atoms with van der Waals surface area (Å²) in [6, 6.07) is 2.44. The number of alkyl halides is 2. The largest absolute Gasteiger partial charge is 0.494 e. The minimum Gasteiger partial charge on any atom is -0.494 e. The van der Waals surface area contributed by atoms with Crippen LogP contribution in [0.25, 0.3) is 22.7 Å². The molecule has 0 radical (unpaired) electrons. The first-order valence-corrected chi connectivity index (χ1v) is 7.27. The number of aromatic nitrogens is 4. The molecule has 0 aliphatic rings. The summed E-state index contributed by atoms with van der Waals surface area (Å²) in [4.78, 5) is 19.2. The normalized spacial score (nSPS) is 11.0. The van der Waals surface area contributed by atoms with Gasteiger partial charge in [0.1, 0.15) is 17.1 Å². The number of aromatic carboxylic acids is 1. The molecule has 3 aromatic heterocycles. The maximum absolute atomic E-state index is 13.0. The van der Waals surface area contributed by atoms with Crippen LogP contribution in [-0.2, 0) is 0 Å². The fraction of sp³-hybridized carbons (Fsp3) is 0.188. The van der Waals surface area contributed by atoms with Crippen molar-refractivity contribution in [2.45, 2.75) is 13.3 Å². The lowest BCUT2D eigenvalue weighted by Crippen LogP contribution is -2.04. The number of hydrogen-bond acceptors (Lipinski definition) is 7. The molecule has 8 nitrogen and oxygen atoms in total. The number of pyridine rings is 2. The topological polar surface area (TPSA) is 111 Å². The Hall–Kier alpha value is -3.43. The van der Waals surface area contributed by atoms with E-state index in [1.54, 1.807) is 6.92 Å². The first-order chi connectivity index (χ1) is 12.4. The van der Waals surface area contributed by atoms with Gasteiger partial charge in [0, 0.05) is 24.2 Å². The SMILES string of the molecule is COc1cnc(C(F)F)cc1-c1cc(-c2nnc(C)o2)ncc1C(=O)O. The van der Waals surface area contributed by atoms with E-state index in [2.05, 4.69) is 20.2 Å². The minimum absolute atomic E-state index is 0.0720. The second-order valence-corrected chi connectivity index (χ2v) is 5.16. The summed E-state index contributed by atoms with van der Waals surface area (Å²) in [5.74, 6) is -0.774. The maximum atomic E-state index is 13.0. The van der Waals surface area contributed by atoms with Crippen molar-refractivity contribution < 1.29 is 27.8 Å². The fourth-order valence-corrected chi connectivity index (χ4v) is 2.32. The van der Waals surface area contributed by atoms with Crippen LogP contribution in [0.2, 0.25) is 0 Å². The molecule has 0 atom stereocenters. The second-order valence-electron chi connectivity index (χ2n) is 5.16. The number of ether oxygens (including phenoxy) is 1. The number of aryl methyl sites for hydroxylation is 1. The summed E-state index contributed by atoms with van der Waals surface area (Å²) < 4.78 is 36.5. The highest BCUT2D eigenvalue weighted by Crippen LogP contribution is 2.35. The molecule has 0 amide bonds. The molecule has 3 heterocycles. The van der Waals surface area contributed by atoms with Crippen molar-refractivity contribution in [2.24, 2.45) is 0 Å². The van der Waals surface area contributed by atoms with Crippen LogP contribution in [0.15, 0.2) is 28.9 Å². The van der Waals surface area contributed by atoms with E-state index in [1.165, 1.54) is 13.2 Å². The van der Waals surface area contributed by atoms with Crippen LogP contribution in [0.5, 0.6) is 5.75 Å². The van der Waals surface area contributed by atoms with E-state index >= 15 is 0 Å². The minimum atomic E-state index is -2.83. The molecule has 26 heavy (non-hydrogen) atoms. The van der Waals surface area contributed by atoms with E-state index in [1.807, 2.05) is 0 Å². The molecule has 3 rings (SSSR count). The lowest BCUT2D eigenvalue weighted by atomic mass is 9.99. The highest BCUT2D eigenvalue weighted by Gasteiger charge is 2.21. The number of carboxylic acids is 1. The first-order valence-electron chi connectivity index (χ1n) is 7.27. The van der Waals surface area contributed by atoms with Crippen molar-refractivity contribution in [3.63, 3.8) is 0 Å². The van der Waals surface area contributed by atoms with Crippen molar-refractivity contribution in [3.05, 3.63) is 41.7 Å². The molecule has 0 saturated heterocycles. The summed E-state index contributed by atoms with van der Waals surface area (Å²) >= 11 is 0. The third kappa shape index (κ3) is 3.21. The second kappa shape index (κ2) is 6.82. The van der Waals surface area contributed by atoms with Crippen molar-refractivity contribution >= 4 is 5.97 Å². The Morgan fingerprint density at radius 3 is 2.54 bits per heavy atom. The lowest BCUT2D eigenvalue weighted by molar-refractivity contribution is 0.0697. The average Bonchev–Trinajstić information content (AvgIpc) is 3.06. The van der Waals surface area contributed by atoms with Crippen molar-refractivity contribution in [1.82, 2.24) is 20.2 Å². The van der Waals surface area contributed by atoms with Crippen LogP contribution in [0, 0.1) is 6.92 Å². The molecule has 0 aromatic carbocycles. The number of carboxylic acid groups (broad SMARTS) is 1. The van der Waals surface area contributed by atoms with E-state index in [0.29, 0.717) is 5.89 Å². The van der Waals surface area contributed by atoms with E-state index in [0.717, 1.165) is 18.5 Å². The molecule has 10 heteroatoms. The van der Waals surface area contributed by atoms with Gasteiger partial charge in [-0.15, -0.1) is 10.2 Å². The summed E-state index contributed by atoms with van der Waals surface area (Å²) in [6.07, 6.45) is -0.624. The molecule has 0 bridgehead atoms. The first kappa shape index (κ1) is 17.4. The third-order valence-corrected chi connectivity index (χ3v) is 3.50. The van der Waals surface area contributed by atoms with Gasteiger partial charge in [0.15, 0.2) is 0 Å². The molecule has 0 fully saturated rings. The van der Waals surface area contributed by atoms with Gasteiger partial charge >= 0.3 is 5.97 Å². The predicted octanol–water partition coefficient (Wildman–Crippen LogP) is 3.15. The monoisotopic (exact) mass is 362 g/mol. The van der Waals surface area contributed by atoms with Gasteiger partial charge in [-0.2, -0.15) is 0 Å². The molecule has 0 unspecified atom stereocenters. The summed E-state index contributed by atoms with van der Waals surface area (Å²) in [6.45, 7) is 1.59. The zero-order chi connectivity index (χ0) is 18.8. The number of methoxy groups -OCH3 is 1. The van der Waals surface area contributed by atoms with Gasteiger partial charge in [0.05, 0.1) is 18.9 Å². The van der Waals surface area contributed by atoms with Gasteiger partial charge in [-0.25, -0.2) is 13.6 Å². The highest BCUT2D eigenvalue weighted by atomic mass is 19.3. The van der Waals surface area contributed by atoms with E-state index in [9.17, 15) is 18.7 Å². The molecule has 0 saturated carbocycles. The van der Waals surface area contributed by atoms with Crippen LogP contribution in [0.4, 0.5) is 8.78 Å². The van der Waals surface area contributed by atoms with Gasteiger partial charge in [0.25, 0.3) is 12.3 Å². The van der Waals surface area contributed by atoms with Gasteiger partial charge in [-0.1, -0.05) is 0 Å². The Balaban J connectivity index is 2.25. The number of nitrogens with zero attached hydrogens (tertiary/aromatic N) is 4. The number of hydrogen-bond donors (Lipinski definition) is 1. The smallest absolute Gasteiger partial charge is 0.337 e. The van der Waals surface area contributed by atoms with E-state index < -0.39 is 18.1 Å². The Morgan fingerprint density at radius 1 is 1.19 bits per heavy atom. The van der Waals surface area contributed by atoms with Gasteiger partial charge < -0.3 is 14.3 Å². The number of carbonyl (C=O) groups is 1. The van der Waals surface area contributed by atoms with E-state index in [-0.39, 0.29) is 34.0 Å². The van der Waals surface area contributed by atoms with Crippen LogP contribution >= 0.6 is 0 Å². The molecule has 1 N–H and O–H groups in total. The Kier molecular flexibility index (Phi) is 4.57.